The number of rotatable bonds is 0. The summed E-state index contributed by atoms with van der Waals surface area (Å²) in [5.41, 5.74) is 0.533. The highest BCUT2D eigenvalue weighted by Crippen LogP contribution is 2.15. The fourth-order valence-corrected chi connectivity index (χ4v) is 1.11. The Labute approximate surface area is 56.8 Å². The monoisotopic (exact) mass is 132 g/mol. The smallest absolute Gasteiger partial charge is 0.233 e. The van der Waals surface area contributed by atoms with Gasteiger partial charge in [-0.25, -0.2) is 0 Å². The van der Waals surface area contributed by atoms with Crippen molar-refractivity contribution in [3.63, 3.8) is 0 Å². The zero-order chi connectivity index (χ0) is 7.14. The molecule has 2 rings (SSSR count). The molecule has 0 saturated carbocycles. The summed E-state index contributed by atoms with van der Waals surface area (Å²) in [6.07, 6.45) is 0. The third-order valence-electron chi connectivity index (χ3n) is 1.60. The summed E-state index contributed by atoms with van der Waals surface area (Å²) in [4.78, 5) is 21.6. The van der Waals surface area contributed by atoms with Crippen molar-refractivity contribution < 1.29 is 0 Å². The van der Waals surface area contributed by atoms with Crippen molar-refractivity contribution in [1.29, 1.82) is 0 Å². The van der Waals surface area contributed by atoms with E-state index in [2.05, 4.69) is 0 Å². The Morgan fingerprint density at radius 2 is 1.90 bits per heavy atom. The van der Waals surface area contributed by atoms with Gasteiger partial charge in [-0.3, -0.25) is 9.59 Å². The van der Waals surface area contributed by atoms with E-state index in [1.165, 1.54) is 6.07 Å². The van der Waals surface area contributed by atoms with Crippen LogP contribution < -0.4 is 10.9 Å². The van der Waals surface area contributed by atoms with Gasteiger partial charge in [0.05, 0.1) is 0 Å². The van der Waals surface area contributed by atoms with Gasteiger partial charge < -0.3 is 0 Å². The Balaban J connectivity index is 3.07. The van der Waals surface area contributed by atoms with Gasteiger partial charge in [0.1, 0.15) is 0 Å². The normalized spacial score (nSPS) is 10.8. The molecule has 2 nitrogen and oxygen atoms in total. The van der Waals surface area contributed by atoms with E-state index < -0.39 is 5.43 Å². The summed E-state index contributed by atoms with van der Waals surface area (Å²) in [7, 11) is 0. The molecule has 0 fully saturated rings. The molecule has 48 valence electrons. The number of fused-ring (bicyclic) bond motifs is 1. The van der Waals surface area contributed by atoms with E-state index in [0.717, 1.165) is 5.56 Å². The van der Waals surface area contributed by atoms with E-state index in [4.69, 9.17) is 0 Å². The van der Waals surface area contributed by atoms with Gasteiger partial charge in [0.15, 0.2) is 0 Å². The van der Waals surface area contributed by atoms with E-state index in [-0.39, 0.29) is 5.43 Å². The molecule has 0 spiro atoms. The molecule has 0 saturated heterocycles. The number of hydrogen-bond acceptors (Lipinski definition) is 2. The molecular formula is C8H4O2. The van der Waals surface area contributed by atoms with Crippen molar-refractivity contribution in [3.05, 3.63) is 44.7 Å². The first-order chi connectivity index (χ1) is 4.79. The van der Waals surface area contributed by atoms with E-state index >= 15 is 0 Å². The second-order valence-electron chi connectivity index (χ2n) is 2.23. The summed E-state index contributed by atoms with van der Waals surface area (Å²) in [5, 5.41) is 0. The molecule has 0 aliphatic heterocycles. The minimum atomic E-state index is -0.398. The Morgan fingerprint density at radius 3 is 2.60 bits per heavy atom. The summed E-state index contributed by atoms with van der Waals surface area (Å²) in [6, 6.07) is 6.57. The zero-order valence-corrected chi connectivity index (χ0v) is 5.13. The van der Waals surface area contributed by atoms with E-state index in [1.807, 2.05) is 0 Å². The molecule has 10 heavy (non-hydrogen) atoms. The fourth-order valence-electron chi connectivity index (χ4n) is 1.11. The molecule has 0 unspecified atom stereocenters. The first-order valence-electron chi connectivity index (χ1n) is 2.98. The van der Waals surface area contributed by atoms with E-state index in [0.29, 0.717) is 5.56 Å². The lowest BCUT2D eigenvalue weighted by molar-refractivity contribution is 1.61. The Bertz CT molecular complexity index is 407. The third-order valence-corrected chi connectivity index (χ3v) is 1.60. The van der Waals surface area contributed by atoms with Crippen LogP contribution in [0.25, 0.3) is 11.1 Å². The molecule has 0 amide bonds. The molecule has 0 aromatic heterocycles. The van der Waals surface area contributed by atoms with Crippen LogP contribution in [0.2, 0.25) is 0 Å². The van der Waals surface area contributed by atoms with Gasteiger partial charge in [-0.2, -0.15) is 0 Å². The van der Waals surface area contributed by atoms with Gasteiger partial charge in [0.25, 0.3) is 0 Å². The van der Waals surface area contributed by atoms with Gasteiger partial charge in [-0.15, -0.1) is 0 Å². The molecule has 2 aliphatic carbocycles. The lowest BCUT2D eigenvalue weighted by atomic mass is 10.2. The van der Waals surface area contributed by atoms with Gasteiger partial charge in [0.2, 0.25) is 10.9 Å². The molecule has 2 aliphatic rings. The lowest BCUT2D eigenvalue weighted by Gasteiger charge is -1.77. The highest BCUT2D eigenvalue weighted by atomic mass is 16.2. The highest BCUT2D eigenvalue weighted by Gasteiger charge is 2.10. The molecule has 2 heteroatoms. The van der Waals surface area contributed by atoms with Crippen LogP contribution in [0.5, 0.6) is 0 Å². The summed E-state index contributed by atoms with van der Waals surface area (Å²) in [6.45, 7) is 0. The van der Waals surface area contributed by atoms with Crippen molar-refractivity contribution in [1.82, 2.24) is 0 Å². The predicted molar refractivity (Wildman–Crippen MR) is 38.0 cm³/mol. The van der Waals surface area contributed by atoms with Crippen LogP contribution in [0, 0.1) is 0 Å². The first-order valence-corrected chi connectivity index (χ1v) is 2.98. The molecule has 0 N–H and O–H groups in total. The maximum atomic E-state index is 10.9. The largest absolute Gasteiger partial charge is 0.286 e. The van der Waals surface area contributed by atoms with Crippen LogP contribution in [0.1, 0.15) is 0 Å². The van der Waals surface area contributed by atoms with Gasteiger partial charge in [-0.1, -0.05) is 18.2 Å². The Hall–Kier alpha value is -1.44. The van der Waals surface area contributed by atoms with E-state index in [1.54, 1.807) is 18.2 Å². The fraction of sp³-hybridized carbons (Fsp3) is 0. The maximum absolute atomic E-state index is 10.9. The molecule has 0 radical (unpaired) electrons. The maximum Gasteiger partial charge on any atom is 0.233 e. The lowest BCUT2D eigenvalue weighted by Crippen LogP contribution is -2.16. The van der Waals surface area contributed by atoms with Crippen LogP contribution in [-0.4, -0.2) is 0 Å². The van der Waals surface area contributed by atoms with Crippen molar-refractivity contribution in [2.45, 2.75) is 0 Å². The molecule has 0 atom stereocenters. The summed E-state index contributed by atoms with van der Waals surface area (Å²) >= 11 is 0. The predicted octanol–water partition coefficient (Wildman–Crippen LogP) is 0.387. The second kappa shape index (κ2) is 1.53. The SMILES string of the molecule is O=c1cc2cccc-2c1=O. The van der Waals surface area contributed by atoms with Crippen LogP contribution >= 0.6 is 0 Å². The van der Waals surface area contributed by atoms with Crippen molar-refractivity contribution in [2.75, 3.05) is 0 Å². The van der Waals surface area contributed by atoms with Gasteiger partial charge in [-0.05, 0) is 11.6 Å². The number of hydrogen-bond donors (Lipinski definition) is 0. The summed E-state index contributed by atoms with van der Waals surface area (Å²) in [5.74, 6) is 0. The van der Waals surface area contributed by atoms with Crippen LogP contribution in [-0.2, 0) is 0 Å². The standard InChI is InChI=1S/C8H4O2/c9-7-4-5-2-1-3-6(5)8(7)10/h1-4H. The summed E-state index contributed by atoms with van der Waals surface area (Å²) < 4.78 is 0. The molecule has 0 aromatic rings. The van der Waals surface area contributed by atoms with Gasteiger partial charge in [0, 0.05) is 5.56 Å². The minimum Gasteiger partial charge on any atom is -0.286 e. The third kappa shape index (κ3) is 0.480. The Kier molecular flexibility index (Phi) is 0.822. The van der Waals surface area contributed by atoms with Crippen molar-refractivity contribution in [3.8, 4) is 11.1 Å². The highest BCUT2D eigenvalue weighted by molar-refractivity contribution is 5.67. The van der Waals surface area contributed by atoms with Crippen molar-refractivity contribution >= 4 is 0 Å². The first kappa shape index (κ1) is 5.35. The second-order valence-corrected chi connectivity index (χ2v) is 2.23. The van der Waals surface area contributed by atoms with Crippen LogP contribution in [0.3, 0.4) is 0 Å². The van der Waals surface area contributed by atoms with Crippen LogP contribution in [0.4, 0.5) is 0 Å². The quantitative estimate of drug-likeness (QED) is 0.486. The Morgan fingerprint density at radius 1 is 1.10 bits per heavy atom. The van der Waals surface area contributed by atoms with Crippen LogP contribution in [0.15, 0.2) is 33.9 Å². The molecule has 0 bridgehead atoms. The van der Waals surface area contributed by atoms with Gasteiger partial charge >= 0.3 is 0 Å². The average molecular weight is 132 g/mol. The average Bonchev–Trinajstić information content (AvgIpc) is 2.41. The minimum absolute atomic E-state index is 0.375. The van der Waals surface area contributed by atoms with Crippen molar-refractivity contribution in [2.24, 2.45) is 0 Å². The topological polar surface area (TPSA) is 34.1 Å². The van der Waals surface area contributed by atoms with E-state index in [9.17, 15) is 9.59 Å². The zero-order valence-electron chi connectivity index (χ0n) is 5.13. The molecule has 0 heterocycles. The molecular weight excluding hydrogens is 128 g/mol. The molecule has 0 aromatic carbocycles.